The maximum Gasteiger partial charge on any atom is 0.260 e. The molecule has 0 spiro atoms. The maximum atomic E-state index is 13.2. The lowest BCUT2D eigenvalue weighted by Gasteiger charge is -2.01. The summed E-state index contributed by atoms with van der Waals surface area (Å²) in [6.07, 6.45) is 1.58. The SMILES string of the molecule is Nc1cc(F)c(F)cc1-c1nc(-c2ccccn2)no1. The number of nitrogens with zero attached hydrogens (tertiary/aromatic N) is 3. The van der Waals surface area contributed by atoms with E-state index in [-0.39, 0.29) is 23.0 Å². The maximum absolute atomic E-state index is 13.2. The zero-order valence-corrected chi connectivity index (χ0v) is 10.0. The molecular formula is C13H8F2N4O. The average Bonchev–Trinajstić information content (AvgIpc) is 2.93. The number of rotatable bonds is 2. The van der Waals surface area contributed by atoms with Crippen LogP contribution in [0.25, 0.3) is 23.0 Å². The van der Waals surface area contributed by atoms with E-state index in [9.17, 15) is 8.78 Å². The van der Waals surface area contributed by atoms with Crippen LogP contribution < -0.4 is 5.73 Å². The van der Waals surface area contributed by atoms with E-state index >= 15 is 0 Å². The molecule has 5 nitrogen and oxygen atoms in total. The predicted molar refractivity (Wildman–Crippen MR) is 67.3 cm³/mol. The lowest BCUT2D eigenvalue weighted by atomic mass is 10.1. The third-order valence-corrected chi connectivity index (χ3v) is 2.64. The highest BCUT2D eigenvalue weighted by atomic mass is 19.2. The topological polar surface area (TPSA) is 77.8 Å². The smallest absolute Gasteiger partial charge is 0.260 e. The van der Waals surface area contributed by atoms with E-state index in [0.29, 0.717) is 5.69 Å². The van der Waals surface area contributed by atoms with Crippen molar-refractivity contribution in [1.82, 2.24) is 15.1 Å². The molecule has 0 saturated heterocycles. The van der Waals surface area contributed by atoms with Crippen LogP contribution in [0.2, 0.25) is 0 Å². The summed E-state index contributed by atoms with van der Waals surface area (Å²) in [5, 5.41) is 3.74. The Hall–Kier alpha value is -2.83. The van der Waals surface area contributed by atoms with Gasteiger partial charge in [0.2, 0.25) is 5.82 Å². The largest absolute Gasteiger partial charge is 0.398 e. The molecule has 3 rings (SSSR count). The Morgan fingerprint density at radius 1 is 1.10 bits per heavy atom. The van der Waals surface area contributed by atoms with Gasteiger partial charge < -0.3 is 10.3 Å². The lowest BCUT2D eigenvalue weighted by molar-refractivity contribution is 0.431. The van der Waals surface area contributed by atoms with Gasteiger partial charge in [0.05, 0.1) is 5.56 Å². The Morgan fingerprint density at radius 3 is 2.65 bits per heavy atom. The highest BCUT2D eigenvalue weighted by molar-refractivity contribution is 5.71. The summed E-state index contributed by atoms with van der Waals surface area (Å²) in [6.45, 7) is 0. The number of aromatic nitrogens is 3. The van der Waals surface area contributed by atoms with E-state index in [4.69, 9.17) is 10.3 Å². The Balaban J connectivity index is 2.05. The lowest BCUT2D eigenvalue weighted by Crippen LogP contribution is -1.95. The van der Waals surface area contributed by atoms with Crippen LogP contribution in [0, 0.1) is 11.6 Å². The molecule has 0 bridgehead atoms. The summed E-state index contributed by atoms with van der Waals surface area (Å²) in [7, 11) is 0. The standard InChI is InChI=1S/C13H8F2N4O/c14-8-5-7(10(16)6-9(8)15)13-18-12(19-20-13)11-3-1-2-4-17-11/h1-6H,16H2. The van der Waals surface area contributed by atoms with E-state index < -0.39 is 11.6 Å². The van der Waals surface area contributed by atoms with Crippen LogP contribution in [-0.2, 0) is 0 Å². The number of pyridine rings is 1. The van der Waals surface area contributed by atoms with Crippen molar-refractivity contribution in [3.63, 3.8) is 0 Å². The molecule has 20 heavy (non-hydrogen) atoms. The van der Waals surface area contributed by atoms with Crippen LogP contribution in [0.5, 0.6) is 0 Å². The van der Waals surface area contributed by atoms with Gasteiger partial charge in [-0.1, -0.05) is 11.2 Å². The molecule has 100 valence electrons. The second-order valence-electron chi connectivity index (χ2n) is 3.99. The zero-order valence-electron chi connectivity index (χ0n) is 10.0. The molecule has 3 aromatic rings. The minimum atomic E-state index is -1.04. The number of benzene rings is 1. The first-order chi connectivity index (χ1) is 9.65. The molecule has 0 unspecified atom stereocenters. The summed E-state index contributed by atoms with van der Waals surface area (Å²) in [6, 6.07) is 7.00. The van der Waals surface area contributed by atoms with Gasteiger partial charge in [-0.2, -0.15) is 4.98 Å². The quantitative estimate of drug-likeness (QED) is 0.727. The van der Waals surface area contributed by atoms with Crippen molar-refractivity contribution in [2.24, 2.45) is 0 Å². The van der Waals surface area contributed by atoms with E-state index in [1.165, 1.54) is 0 Å². The Kier molecular flexibility index (Phi) is 2.86. The number of anilines is 1. The predicted octanol–water partition coefficient (Wildman–Crippen LogP) is 2.66. The van der Waals surface area contributed by atoms with Crippen LogP contribution in [0.15, 0.2) is 41.1 Å². The van der Waals surface area contributed by atoms with Gasteiger partial charge in [0, 0.05) is 18.0 Å². The second kappa shape index (κ2) is 4.69. The molecule has 1 aromatic carbocycles. The molecule has 0 aliphatic rings. The van der Waals surface area contributed by atoms with Crippen molar-refractivity contribution in [3.05, 3.63) is 48.2 Å². The monoisotopic (exact) mass is 274 g/mol. The Bertz CT molecular complexity index is 758. The van der Waals surface area contributed by atoms with Crippen molar-refractivity contribution >= 4 is 5.69 Å². The van der Waals surface area contributed by atoms with Gasteiger partial charge in [-0.25, -0.2) is 8.78 Å². The van der Waals surface area contributed by atoms with Crippen molar-refractivity contribution in [2.75, 3.05) is 5.73 Å². The second-order valence-corrected chi connectivity index (χ2v) is 3.99. The van der Waals surface area contributed by atoms with E-state index in [0.717, 1.165) is 12.1 Å². The van der Waals surface area contributed by atoms with Crippen LogP contribution in [0.1, 0.15) is 0 Å². The van der Waals surface area contributed by atoms with Gasteiger partial charge in [-0.15, -0.1) is 0 Å². The van der Waals surface area contributed by atoms with Gasteiger partial charge >= 0.3 is 0 Å². The zero-order chi connectivity index (χ0) is 14.1. The molecule has 0 aliphatic carbocycles. The molecule has 0 fully saturated rings. The highest BCUT2D eigenvalue weighted by Gasteiger charge is 2.16. The fraction of sp³-hybridized carbons (Fsp3) is 0. The van der Waals surface area contributed by atoms with E-state index in [1.807, 2.05) is 0 Å². The van der Waals surface area contributed by atoms with Gasteiger partial charge in [0.25, 0.3) is 5.89 Å². The number of hydrogen-bond donors (Lipinski definition) is 1. The third-order valence-electron chi connectivity index (χ3n) is 2.64. The average molecular weight is 274 g/mol. The van der Waals surface area contributed by atoms with Crippen LogP contribution in [0.4, 0.5) is 14.5 Å². The fourth-order valence-electron chi connectivity index (χ4n) is 1.68. The summed E-state index contributed by atoms with van der Waals surface area (Å²) >= 11 is 0. The summed E-state index contributed by atoms with van der Waals surface area (Å²) in [4.78, 5) is 8.13. The number of nitrogen functional groups attached to an aromatic ring is 1. The molecule has 2 N–H and O–H groups in total. The Labute approximate surface area is 112 Å². The van der Waals surface area contributed by atoms with Gasteiger partial charge in [-0.3, -0.25) is 4.98 Å². The first-order valence-corrected chi connectivity index (χ1v) is 5.65. The van der Waals surface area contributed by atoms with Crippen molar-refractivity contribution < 1.29 is 13.3 Å². The molecule has 2 heterocycles. The molecule has 0 atom stereocenters. The first kappa shape index (κ1) is 12.2. The number of hydrogen-bond acceptors (Lipinski definition) is 5. The third kappa shape index (κ3) is 2.09. The van der Waals surface area contributed by atoms with Gasteiger partial charge in [0.15, 0.2) is 11.6 Å². The van der Waals surface area contributed by atoms with Gasteiger partial charge in [0.1, 0.15) is 5.69 Å². The van der Waals surface area contributed by atoms with Crippen molar-refractivity contribution in [3.8, 4) is 23.0 Å². The van der Waals surface area contributed by atoms with E-state index in [1.54, 1.807) is 24.4 Å². The normalized spacial score (nSPS) is 10.7. The van der Waals surface area contributed by atoms with E-state index in [2.05, 4.69) is 15.1 Å². The minimum Gasteiger partial charge on any atom is -0.398 e. The molecule has 0 saturated carbocycles. The summed E-state index contributed by atoms with van der Waals surface area (Å²) in [5.41, 5.74) is 6.28. The van der Waals surface area contributed by atoms with Crippen molar-refractivity contribution in [2.45, 2.75) is 0 Å². The molecule has 2 aromatic heterocycles. The molecular weight excluding hydrogens is 266 g/mol. The van der Waals surface area contributed by atoms with Crippen LogP contribution in [-0.4, -0.2) is 15.1 Å². The molecule has 0 radical (unpaired) electrons. The Morgan fingerprint density at radius 2 is 1.90 bits per heavy atom. The van der Waals surface area contributed by atoms with Gasteiger partial charge in [-0.05, 0) is 18.2 Å². The minimum absolute atomic E-state index is 0.00190. The fourth-order valence-corrected chi connectivity index (χ4v) is 1.68. The highest BCUT2D eigenvalue weighted by Crippen LogP contribution is 2.28. The molecule has 7 heteroatoms. The first-order valence-electron chi connectivity index (χ1n) is 5.65. The van der Waals surface area contributed by atoms with Crippen LogP contribution >= 0.6 is 0 Å². The number of halogens is 2. The van der Waals surface area contributed by atoms with Crippen molar-refractivity contribution in [1.29, 1.82) is 0 Å². The number of nitrogens with two attached hydrogens (primary N) is 1. The molecule has 0 aliphatic heterocycles. The molecule has 0 amide bonds. The summed E-state index contributed by atoms with van der Waals surface area (Å²) < 4.78 is 31.3. The van der Waals surface area contributed by atoms with Crippen LogP contribution in [0.3, 0.4) is 0 Å². The summed E-state index contributed by atoms with van der Waals surface area (Å²) in [5.74, 6) is -1.82.